The van der Waals surface area contributed by atoms with Crippen LogP contribution in [-0.2, 0) is 9.53 Å². The van der Waals surface area contributed by atoms with Gasteiger partial charge in [-0.1, -0.05) is 13.8 Å². The Hall–Kier alpha value is -0.610. The molecule has 19 heavy (non-hydrogen) atoms. The highest BCUT2D eigenvalue weighted by Gasteiger charge is 2.40. The maximum atomic E-state index is 12.1. The van der Waals surface area contributed by atoms with Crippen molar-refractivity contribution in [2.75, 3.05) is 20.7 Å². The number of methoxy groups -OCH3 is 1. The lowest BCUT2D eigenvalue weighted by atomic mass is 9.92. The van der Waals surface area contributed by atoms with Gasteiger partial charge in [-0.3, -0.25) is 10.1 Å². The van der Waals surface area contributed by atoms with Crippen molar-refractivity contribution in [3.63, 3.8) is 0 Å². The van der Waals surface area contributed by atoms with E-state index in [0.29, 0.717) is 18.0 Å². The minimum atomic E-state index is -0.569. The summed E-state index contributed by atoms with van der Waals surface area (Å²) in [5.74, 6) is 0.484. The zero-order chi connectivity index (χ0) is 14.6. The third-order valence-corrected chi connectivity index (χ3v) is 3.85. The molecule has 0 amide bonds. The molecular formula is C15H30N2O2. The first-order valence-corrected chi connectivity index (χ1v) is 7.35. The third kappa shape index (κ3) is 5.11. The zero-order valence-corrected chi connectivity index (χ0v) is 13.3. The van der Waals surface area contributed by atoms with E-state index >= 15 is 0 Å². The van der Waals surface area contributed by atoms with Crippen LogP contribution in [0.1, 0.15) is 47.0 Å². The highest BCUT2D eigenvalue weighted by Crippen LogP contribution is 2.26. The first-order chi connectivity index (χ1) is 8.78. The molecule has 0 radical (unpaired) electrons. The minimum absolute atomic E-state index is 0.149. The van der Waals surface area contributed by atoms with Crippen molar-refractivity contribution in [1.29, 1.82) is 0 Å². The standard InChI is InChI=1S/C15H30N2O2/c1-11(2)10-17(5)12(3)9-15(4,14(18)19-6)16-13-7-8-13/h11-13,16H,7-10H2,1-6H3. The van der Waals surface area contributed by atoms with Crippen molar-refractivity contribution < 1.29 is 9.53 Å². The van der Waals surface area contributed by atoms with Crippen molar-refractivity contribution in [3.8, 4) is 0 Å². The SMILES string of the molecule is COC(=O)C(C)(CC(C)N(C)CC(C)C)NC1CC1. The van der Waals surface area contributed by atoms with E-state index in [1.165, 1.54) is 20.0 Å². The molecule has 0 aromatic carbocycles. The summed E-state index contributed by atoms with van der Waals surface area (Å²) < 4.78 is 4.99. The van der Waals surface area contributed by atoms with Crippen LogP contribution in [0.15, 0.2) is 0 Å². The van der Waals surface area contributed by atoms with Crippen molar-refractivity contribution in [2.24, 2.45) is 5.92 Å². The third-order valence-electron chi connectivity index (χ3n) is 3.85. The molecule has 1 rings (SSSR count). The van der Waals surface area contributed by atoms with Crippen LogP contribution in [0.4, 0.5) is 0 Å². The summed E-state index contributed by atoms with van der Waals surface area (Å²) in [4.78, 5) is 14.4. The Balaban J connectivity index is 2.62. The second-order valence-electron chi connectivity index (χ2n) is 6.63. The molecule has 1 aliphatic rings. The van der Waals surface area contributed by atoms with Crippen LogP contribution in [0.25, 0.3) is 0 Å². The van der Waals surface area contributed by atoms with Gasteiger partial charge >= 0.3 is 5.97 Å². The molecule has 0 spiro atoms. The zero-order valence-electron chi connectivity index (χ0n) is 13.3. The molecule has 0 saturated heterocycles. The quantitative estimate of drug-likeness (QED) is 0.685. The lowest BCUT2D eigenvalue weighted by Crippen LogP contribution is -2.54. The second kappa shape index (κ2) is 6.71. The van der Waals surface area contributed by atoms with E-state index in [-0.39, 0.29) is 5.97 Å². The lowest BCUT2D eigenvalue weighted by molar-refractivity contribution is -0.148. The fraction of sp³-hybridized carbons (Fsp3) is 0.933. The van der Waals surface area contributed by atoms with Gasteiger partial charge in [-0.2, -0.15) is 0 Å². The monoisotopic (exact) mass is 270 g/mol. The Morgan fingerprint density at radius 1 is 1.42 bits per heavy atom. The predicted octanol–water partition coefficient (Wildman–Crippen LogP) is 2.04. The van der Waals surface area contributed by atoms with Gasteiger partial charge in [-0.05, 0) is 46.1 Å². The summed E-state index contributed by atoms with van der Waals surface area (Å²) >= 11 is 0. The molecule has 4 nitrogen and oxygen atoms in total. The number of rotatable bonds is 8. The van der Waals surface area contributed by atoms with E-state index in [0.717, 1.165) is 13.0 Å². The highest BCUT2D eigenvalue weighted by molar-refractivity contribution is 5.80. The van der Waals surface area contributed by atoms with Crippen LogP contribution in [0.5, 0.6) is 0 Å². The van der Waals surface area contributed by atoms with Crippen molar-refractivity contribution in [1.82, 2.24) is 10.2 Å². The fourth-order valence-electron chi connectivity index (χ4n) is 2.61. The Bertz CT molecular complexity index is 303. The molecule has 0 heterocycles. The number of esters is 1. The van der Waals surface area contributed by atoms with Gasteiger partial charge in [0, 0.05) is 18.6 Å². The van der Waals surface area contributed by atoms with Gasteiger partial charge < -0.3 is 9.64 Å². The topological polar surface area (TPSA) is 41.6 Å². The van der Waals surface area contributed by atoms with Crippen LogP contribution in [-0.4, -0.2) is 49.2 Å². The summed E-state index contributed by atoms with van der Waals surface area (Å²) in [6.07, 6.45) is 3.12. The van der Waals surface area contributed by atoms with Crippen LogP contribution in [0.3, 0.4) is 0 Å². The Morgan fingerprint density at radius 2 is 2.00 bits per heavy atom. The van der Waals surface area contributed by atoms with Crippen molar-refractivity contribution in [3.05, 3.63) is 0 Å². The van der Waals surface area contributed by atoms with Gasteiger partial charge in [-0.15, -0.1) is 0 Å². The van der Waals surface area contributed by atoms with Crippen molar-refractivity contribution >= 4 is 5.97 Å². The summed E-state index contributed by atoms with van der Waals surface area (Å²) in [6.45, 7) is 9.62. The maximum absolute atomic E-state index is 12.1. The number of nitrogens with zero attached hydrogens (tertiary/aromatic N) is 1. The van der Waals surface area contributed by atoms with Crippen LogP contribution >= 0.6 is 0 Å². The maximum Gasteiger partial charge on any atom is 0.325 e. The molecule has 2 unspecified atom stereocenters. The normalized spacial score (nSPS) is 20.4. The number of hydrogen-bond donors (Lipinski definition) is 1. The van der Waals surface area contributed by atoms with Gasteiger partial charge in [0.25, 0.3) is 0 Å². The summed E-state index contributed by atoms with van der Waals surface area (Å²) in [5.41, 5.74) is -0.569. The average Bonchev–Trinajstić information content (AvgIpc) is 3.10. The number of carbonyl (C=O) groups is 1. The second-order valence-corrected chi connectivity index (χ2v) is 6.63. The number of carbonyl (C=O) groups excluding carboxylic acids is 1. The van der Waals surface area contributed by atoms with E-state index in [1.54, 1.807) is 0 Å². The van der Waals surface area contributed by atoms with Gasteiger partial charge in [0.1, 0.15) is 5.54 Å². The van der Waals surface area contributed by atoms with Crippen LogP contribution < -0.4 is 5.32 Å². The number of ether oxygens (including phenoxy) is 1. The predicted molar refractivity (Wildman–Crippen MR) is 78.1 cm³/mol. The Labute approximate surface area is 117 Å². The minimum Gasteiger partial charge on any atom is -0.468 e. The van der Waals surface area contributed by atoms with Gasteiger partial charge in [0.15, 0.2) is 0 Å². The summed E-state index contributed by atoms with van der Waals surface area (Å²) in [7, 11) is 3.59. The van der Waals surface area contributed by atoms with Gasteiger partial charge in [0.2, 0.25) is 0 Å². The smallest absolute Gasteiger partial charge is 0.325 e. The van der Waals surface area contributed by atoms with E-state index in [9.17, 15) is 4.79 Å². The van der Waals surface area contributed by atoms with Crippen molar-refractivity contribution in [2.45, 2.75) is 64.6 Å². The Kier molecular flexibility index (Phi) is 5.81. The molecular weight excluding hydrogens is 240 g/mol. The molecule has 1 aliphatic carbocycles. The first kappa shape index (κ1) is 16.4. The molecule has 1 fully saturated rings. The fourth-order valence-corrected chi connectivity index (χ4v) is 2.61. The largest absolute Gasteiger partial charge is 0.468 e. The van der Waals surface area contributed by atoms with E-state index < -0.39 is 5.54 Å². The highest BCUT2D eigenvalue weighted by atomic mass is 16.5. The average molecular weight is 270 g/mol. The molecule has 0 bridgehead atoms. The molecule has 1 N–H and O–H groups in total. The van der Waals surface area contributed by atoms with E-state index in [2.05, 4.69) is 38.0 Å². The first-order valence-electron chi connectivity index (χ1n) is 7.35. The Morgan fingerprint density at radius 3 is 2.42 bits per heavy atom. The molecule has 1 saturated carbocycles. The molecule has 4 heteroatoms. The number of nitrogens with one attached hydrogen (secondary N) is 1. The van der Waals surface area contributed by atoms with Crippen LogP contribution in [0, 0.1) is 5.92 Å². The lowest BCUT2D eigenvalue weighted by Gasteiger charge is -2.35. The molecule has 0 aromatic heterocycles. The van der Waals surface area contributed by atoms with Crippen LogP contribution in [0.2, 0.25) is 0 Å². The van der Waals surface area contributed by atoms with E-state index in [4.69, 9.17) is 4.74 Å². The molecule has 2 atom stereocenters. The summed E-state index contributed by atoms with van der Waals surface area (Å²) in [5, 5.41) is 3.46. The molecule has 0 aromatic rings. The molecule has 0 aliphatic heterocycles. The van der Waals surface area contributed by atoms with E-state index in [1.807, 2.05) is 6.92 Å². The summed E-state index contributed by atoms with van der Waals surface area (Å²) in [6, 6.07) is 0.837. The van der Waals surface area contributed by atoms with Gasteiger partial charge in [-0.25, -0.2) is 0 Å². The molecule has 112 valence electrons. The van der Waals surface area contributed by atoms with Gasteiger partial charge in [0.05, 0.1) is 7.11 Å². The number of hydrogen-bond acceptors (Lipinski definition) is 4.